The molecule has 0 saturated carbocycles. The zero-order valence-corrected chi connectivity index (χ0v) is 18.1. The van der Waals surface area contributed by atoms with Crippen LogP contribution in [0.2, 0.25) is 0 Å². The largest absolute Gasteiger partial charge is 0.496 e. The highest BCUT2D eigenvalue weighted by atomic mass is 16.6. The molecule has 0 atom stereocenters. The van der Waals surface area contributed by atoms with Crippen LogP contribution >= 0.6 is 0 Å². The number of carbonyl (C=O) groups excluding carboxylic acids is 2. The molecule has 0 spiro atoms. The summed E-state index contributed by atoms with van der Waals surface area (Å²) in [4.78, 5) is 27.4. The lowest BCUT2D eigenvalue weighted by molar-refractivity contribution is -0.129. The van der Waals surface area contributed by atoms with Gasteiger partial charge in [-0.2, -0.15) is 0 Å². The van der Waals surface area contributed by atoms with Gasteiger partial charge in [0.15, 0.2) is 0 Å². The van der Waals surface area contributed by atoms with E-state index < -0.39 is 11.7 Å². The minimum atomic E-state index is -0.627. The van der Waals surface area contributed by atoms with E-state index in [1.807, 2.05) is 69.3 Å². The smallest absolute Gasteiger partial charge is 0.419 e. The van der Waals surface area contributed by atoms with Gasteiger partial charge in [-0.25, -0.2) is 4.79 Å². The molecule has 1 amide bonds. The van der Waals surface area contributed by atoms with E-state index in [9.17, 15) is 9.59 Å². The minimum absolute atomic E-state index is 0.0482. The summed E-state index contributed by atoms with van der Waals surface area (Å²) in [6.07, 6.45) is 1.34. The number of methoxy groups -OCH3 is 1. The van der Waals surface area contributed by atoms with Crippen molar-refractivity contribution in [2.75, 3.05) is 14.2 Å². The molecule has 158 valence electrons. The SMILES string of the molecule is COc1cccc2c1c(CC(=O)N(C)Cc1ccccc1)cn2C(=O)OC(C)(C)C. The molecule has 0 fully saturated rings. The summed E-state index contributed by atoms with van der Waals surface area (Å²) in [5.74, 6) is 0.566. The fourth-order valence-corrected chi connectivity index (χ4v) is 3.34. The molecule has 30 heavy (non-hydrogen) atoms. The Hall–Kier alpha value is -3.28. The van der Waals surface area contributed by atoms with Crippen LogP contribution in [0.1, 0.15) is 31.9 Å². The van der Waals surface area contributed by atoms with Gasteiger partial charge in [-0.15, -0.1) is 0 Å². The first-order valence-corrected chi connectivity index (χ1v) is 9.88. The molecule has 0 aliphatic heterocycles. The monoisotopic (exact) mass is 408 g/mol. The Bertz CT molecular complexity index is 1050. The van der Waals surface area contributed by atoms with Crippen molar-refractivity contribution in [2.24, 2.45) is 0 Å². The molecule has 0 unspecified atom stereocenters. The number of likely N-dealkylation sites (N-methyl/N-ethyl adjacent to an activating group) is 1. The van der Waals surface area contributed by atoms with Crippen LogP contribution in [0.4, 0.5) is 4.79 Å². The van der Waals surface area contributed by atoms with Gasteiger partial charge in [0.25, 0.3) is 0 Å². The van der Waals surface area contributed by atoms with Crippen molar-refractivity contribution >= 4 is 22.9 Å². The lowest BCUT2D eigenvalue weighted by Gasteiger charge is -2.19. The molecular formula is C24H28N2O4. The molecule has 1 aromatic heterocycles. The van der Waals surface area contributed by atoms with Gasteiger partial charge in [0, 0.05) is 25.2 Å². The zero-order valence-electron chi connectivity index (χ0n) is 18.1. The quantitative estimate of drug-likeness (QED) is 0.617. The summed E-state index contributed by atoms with van der Waals surface area (Å²) in [5.41, 5.74) is 1.80. The predicted molar refractivity (Wildman–Crippen MR) is 117 cm³/mol. The summed E-state index contributed by atoms with van der Waals surface area (Å²) in [6.45, 7) is 5.97. The van der Waals surface area contributed by atoms with E-state index in [0.717, 1.165) is 16.5 Å². The number of amides is 1. The fourth-order valence-electron chi connectivity index (χ4n) is 3.34. The molecular weight excluding hydrogens is 380 g/mol. The average Bonchev–Trinajstić information content (AvgIpc) is 3.06. The number of carbonyl (C=O) groups is 2. The summed E-state index contributed by atoms with van der Waals surface area (Å²) in [6, 6.07) is 15.3. The zero-order chi connectivity index (χ0) is 21.9. The van der Waals surface area contributed by atoms with Crippen molar-refractivity contribution in [3.8, 4) is 5.75 Å². The van der Waals surface area contributed by atoms with Gasteiger partial charge in [0.2, 0.25) is 5.91 Å². The normalized spacial score (nSPS) is 11.4. The van der Waals surface area contributed by atoms with Gasteiger partial charge < -0.3 is 14.4 Å². The second-order valence-corrected chi connectivity index (χ2v) is 8.27. The van der Waals surface area contributed by atoms with E-state index in [1.165, 1.54) is 4.57 Å². The van der Waals surface area contributed by atoms with E-state index in [-0.39, 0.29) is 12.3 Å². The molecule has 1 heterocycles. The minimum Gasteiger partial charge on any atom is -0.496 e. The third kappa shape index (κ3) is 4.82. The number of nitrogens with zero attached hydrogens (tertiary/aromatic N) is 2. The second-order valence-electron chi connectivity index (χ2n) is 8.27. The number of ether oxygens (including phenoxy) is 2. The molecule has 0 N–H and O–H groups in total. The molecule has 3 aromatic rings. The van der Waals surface area contributed by atoms with Crippen molar-refractivity contribution in [1.82, 2.24) is 9.47 Å². The Morgan fingerprint density at radius 1 is 1.03 bits per heavy atom. The van der Waals surface area contributed by atoms with Crippen LogP contribution in [0.25, 0.3) is 10.9 Å². The first-order chi connectivity index (χ1) is 14.2. The molecule has 2 aromatic carbocycles. The second kappa shape index (κ2) is 8.61. The molecule has 6 nitrogen and oxygen atoms in total. The van der Waals surface area contributed by atoms with Gasteiger partial charge in [-0.3, -0.25) is 9.36 Å². The van der Waals surface area contributed by atoms with Gasteiger partial charge in [-0.05, 0) is 44.0 Å². The molecule has 0 aliphatic rings. The third-order valence-corrected chi connectivity index (χ3v) is 4.71. The Kier molecular flexibility index (Phi) is 6.15. The molecule has 6 heteroatoms. The van der Waals surface area contributed by atoms with E-state index in [2.05, 4.69) is 0 Å². The summed E-state index contributed by atoms with van der Waals surface area (Å²) in [7, 11) is 3.35. The highest BCUT2D eigenvalue weighted by Crippen LogP contribution is 2.32. The number of hydrogen-bond donors (Lipinski definition) is 0. The number of rotatable bonds is 5. The van der Waals surface area contributed by atoms with Crippen molar-refractivity contribution in [2.45, 2.75) is 39.3 Å². The standard InChI is InChI=1S/C24H28N2O4/c1-24(2,3)30-23(28)26-16-18(22-19(26)12-9-13-20(22)29-5)14-21(27)25(4)15-17-10-7-6-8-11-17/h6-13,16H,14-15H2,1-5H3. The Morgan fingerprint density at radius 3 is 2.37 bits per heavy atom. The maximum Gasteiger partial charge on any atom is 0.419 e. The highest BCUT2D eigenvalue weighted by Gasteiger charge is 2.23. The van der Waals surface area contributed by atoms with Gasteiger partial charge >= 0.3 is 6.09 Å². The summed E-state index contributed by atoms with van der Waals surface area (Å²) >= 11 is 0. The van der Waals surface area contributed by atoms with Crippen LogP contribution in [0.15, 0.2) is 54.7 Å². The molecule has 0 aliphatic carbocycles. The van der Waals surface area contributed by atoms with Crippen molar-refractivity contribution in [3.63, 3.8) is 0 Å². The van der Waals surface area contributed by atoms with E-state index >= 15 is 0 Å². The van der Waals surface area contributed by atoms with Crippen LogP contribution in [-0.2, 0) is 22.5 Å². The van der Waals surface area contributed by atoms with Crippen molar-refractivity contribution in [3.05, 3.63) is 65.9 Å². The van der Waals surface area contributed by atoms with Crippen LogP contribution in [0.3, 0.4) is 0 Å². The number of hydrogen-bond acceptors (Lipinski definition) is 4. The Morgan fingerprint density at radius 2 is 1.73 bits per heavy atom. The third-order valence-electron chi connectivity index (χ3n) is 4.71. The predicted octanol–water partition coefficient (Wildman–Crippen LogP) is 4.63. The van der Waals surface area contributed by atoms with Gasteiger partial charge in [0.05, 0.1) is 19.0 Å². The van der Waals surface area contributed by atoms with Gasteiger partial charge in [-0.1, -0.05) is 36.4 Å². The maximum absolute atomic E-state index is 12.9. The molecule has 0 saturated heterocycles. The Labute approximate surface area is 177 Å². The van der Waals surface area contributed by atoms with E-state index in [0.29, 0.717) is 17.8 Å². The van der Waals surface area contributed by atoms with Crippen molar-refractivity contribution < 1.29 is 19.1 Å². The van der Waals surface area contributed by atoms with Gasteiger partial charge in [0.1, 0.15) is 11.4 Å². The lowest BCUT2D eigenvalue weighted by Crippen LogP contribution is -2.28. The number of benzene rings is 2. The first kappa shape index (κ1) is 21.4. The highest BCUT2D eigenvalue weighted by molar-refractivity contribution is 5.98. The van der Waals surface area contributed by atoms with Crippen molar-refractivity contribution in [1.29, 1.82) is 0 Å². The maximum atomic E-state index is 12.9. The summed E-state index contributed by atoms with van der Waals surface area (Å²) in [5, 5.41) is 0.743. The molecule has 0 bridgehead atoms. The topological polar surface area (TPSA) is 60.8 Å². The first-order valence-electron chi connectivity index (χ1n) is 9.88. The van der Waals surface area contributed by atoms with Crippen LogP contribution in [0, 0.1) is 0 Å². The molecule has 3 rings (SSSR count). The lowest BCUT2D eigenvalue weighted by atomic mass is 10.1. The van der Waals surface area contributed by atoms with Crippen LogP contribution in [0.5, 0.6) is 5.75 Å². The average molecular weight is 408 g/mol. The van der Waals surface area contributed by atoms with Crippen LogP contribution < -0.4 is 4.74 Å². The van der Waals surface area contributed by atoms with Crippen LogP contribution in [-0.4, -0.2) is 41.2 Å². The van der Waals surface area contributed by atoms with E-state index in [4.69, 9.17) is 9.47 Å². The van der Waals surface area contributed by atoms with E-state index in [1.54, 1.807) is 25.3 Å². The molecule has 0 radical (unpaired) electrons. The Balaban J connectivity index is 1.92. The fraction of sp³-hybridized carbons (Fsp3) is 0.333. The number of fused-ring (bicyclic) bond motifs is 1. The summed E-state index contributed by atoms with van der Waals surface area (Å²) < 4.78 is 12.5. The number of aromatic nitrogens is 1.